The SMILES string of the molecule is CCNCCNC(=O)c1cccc([N+](=O)[O-])c1. The van der Waals surface area contributed by atoms with Crippen LogP contribution in [-0.2, 0) is 0 Å². The quantitative estimate of drug-likeness (QED) is 0.438. The number of nitrogens with one attached hydrogen (secondary N) is 2. The van der Waals surface area contributed by atoms with Crippen molar-refractivity contribution < 1.29 is 9.72 Å². The van der Waals surface area contributed by atoms with E-state index in [4.69, 9.17) is 0 Å². The molecular weight excluding hydrogens is 222 g/mol. The third-order valence-electron chi connectivity index (χ3n) is 2.16. The van der Waals surface area contributed by atoms with Gasteiger partial charge >= 0.3 is 0 Å². The van der Waals surface area contributed by atoms with Gasteiger partial charge in [-0.2, -0.15) is 0 Å². The molecule has 1 aromatic carbocycles. The Labute approximate surface area is 99.2 Å². The van der Waals surface area contributed by atoms with Crippen LogP contribution in [0.15, 0.2) is 24.3 Å². The Balaban J connectivity index is 2.56. The first-order chi connectivity index (χ1) is 8.15. The molecule has 2 N–H and O–H groups in total. The molecule has 0 aliphatic heterocycles. The van der Waals surface area contributed by atoms with Crippen molar-refractivity contribution in [2.45, 2.75) is 6.92 Å². The molecule has 0 radical (unpaired) electrons. The van der Waals surface area contributed by atoms with Crippen LogP contribution in [0, 0.1) is 10.1 Å². The fourth-order valence-corrected chi connectivity index (χ4v) is 1.30. The van der Waals surface area contributed by atoms with Gasteiger partial charge in [-0.1, -0.05) is 13.0 Å². The first-order valence-corrected chi connectivity index (χ1v) is 5.38. The summed E-state index contributed by atoms with van der Waals surface area (Å²) in [4.78, 5) is 21.6. The Morgan fingerprint density at radius 2 is 2.18 bits per heavy atom. The first-order valence-electron chi connectivity index (χ1n) is 5.38. The van der Waals surface area contributed by atoms with Crippen LogP contribution in [0.1, 0.15) is 17.3 Å². The van der Waals surface area contributed by atoms with E-state index in [2.05, 4.69) is 10.6 Å². The number of nitrogens with zero attached hydrogens (tertiary/aromatic N) is 1. The molecule has 92 valence electrons. The van der Waals surface area contributed by atoms with E-state index in [-0.39, 0.29) is 11.6 Å². The van der Waals surface area contributed by atoms with Gasteiger partial charge in [0.1, 0.15) is 0 Å². The molecule has 1 rings (SSSR count). The standard InChI is InChI=1S/C11H15N3O3/c1-2-12-6-7-13-11(15)9-4-3-5-10(8-9)14(16)17/h3-5,8,12H,2,6-7H2,1H3,(H,13,15). The molecule has 1 aromatic rings. The molecule has 0 aromatic heterocycles. The number of likely N-dealkylation sites (N-methyl/N-ethyl adjacent to an activating group) is 1. The number of non-ortho nitro benzene ring substituents is 1. The predicted octanol–water partition coefficient (Wildman–Crippen LogP) is 0.934. The normalized spacial score (nSPS) is 9.94. The lowest BCUT2D eigenvalue weighted by atomic mass is 10.2. The average molecular weight is 237 g/mol. The van der Waals surface area contributed by atoms with E-state index in [1.165, 1.54) is 18.2 Å². The summed E-state index contributed by atoms with van der Waals surface area (Å²) in [5.41, 5.74) is 0.222. The smallest absolute Gasteiger partial charge is 0.270 e. The van der Waals surface area contributed by atoms with Gasteiger partial charge in [-0.3, -0.25) is 14.9 Å². The van der Waals surface area contributed by atoms with Gasteiger partial charge in [0.05, 0.1) is 4.92 Å². The Morgan fingerprint density at radius 3 is 2.82 bits per heavy atom. The Morgan fingerprint density at radius 1 is 1.41 bits per heavy atom. The van der Waals surface area contributed by atoms with Crippen molar-refractivity contribution >= 4 is 11.6 Å². The fraction of sp³-hybridized carbons (Fsp3) is 0.364. The summed E-state index contributed by atoms with van der Waals surface area (Å²) < 4.78 is 0. The molecule has 0 heterocycles. The summed E-state index contributed by atoms with van der Waals surface area (Å²) in [6.07, 6.45) is 0. The number of rotatable bonds is 6. The minimum absolute atomic E-state index is 0.0793. The molecule has 6 nitrogen and oxygen atoms in total. The Bertz CT molecular complexity index is 407. The number of amides is 1. The summed E-state index contributed by atoms with van der Waals surface area (Å²) in [6, 6.07) is 5.67. The van der Waals surface area contributed by atoms with Gasteiger partial charge in [0.15, 0.2) is 0 Å². The van der Waals surface area contributed by atoms with Gasteiger partial charge in [0, 0.05) is 30.8 Å². The van der Waals surface area contributed by atoms with E-state index in [1.807, 2.05) is 6.92 Å². The highest BCUT2D eigenvalue weighted by atomic mass is 16.6. The highest BCUT2D eigenvalue weighted by Gasteiger charge is 2.10. The molecular formula is C11H15N3O3. The van der Waals surface area contributed by atoms with Crippen molar-refractivity contribution in [3.63, 3.8) is 0 Å². The fourth-order valence-electron chi connectivity index (χ4n) is 1.30. The third kappa shape index (κ3) is 4.20. The maximum atomic E-state index is 11.6. The van der Waals surface area contributed by atoms with Crippen LogP contribution >= 0.6 is 0 Å². The topological polar surface area (TPSA) is 84.3 Å². The number of hydrogen-bond donors (Lipinski definition) is 2. The average Bonchev–Trinajstić information content (AvgIpc) is 2.34. The van der Waals surface area contributed by atoms with Gasteiger partial charge in [-0.15, -0.1) is 0 Å². The molecule has 0 bridgehead atoms. The van der Waals surface area contributed by atoms with Crippen LogP contribution < -0.4 is 10.6 Å². The van der Waals surface area contributed by atoms with Gasteiger partial charge < -0.3 is 10.6 Å². The maximum Gasteiger partial charge on any atom is 0.270 e. The Hall–Kier alpha value is -1.95. The van der Waals surface area contributed by atoms with Crippen LogP contribution in [0.4, 0.5) is 5.69 Å². The largest absolute Gasteiger partial charge is 0.351 e. The summed E-state index contributed by atoms with van der Waals surface area (Å²) >= 11 is 0. The van der Waals surface area contributed by atoms with Crippen LogP contribution in [0.2, 0.25) is 0 Å². The lowest BCUT2D eigenvalue weighted by Gasteiger charge is -2.05. The Kier molecular flexibility index (Phi) is 5.09. The molecule has 0 aliphatic carbocycles. The van der Waals surface area contributed by atoms with Crippen molar-refractivity contribution in [2.24, 2.45) is 0 Å². The molecule has 0 spiro atoms. The van der Waals surface area contributed by atoms with Gasteiger partial charge in [-0.05, 0) is 12.6 Å². The van der Waals surface area contributed by atoms with Crippen molar-refractivity contribution in [1.82, 2.24) is 10.6 Å². The first kappa shape index (κ1) is 13.1. The monoisotopic (exact) mass is 237 g/mol. The lowest BCUT2D eigenvalue weighted by Crippen LogP contribution is -2.31. The summed E-state index contributed by atoms with van der Waals surface area (Å²) in [5.74, 6) is -0.299. The van der Waals surface area contributed by atoms with Crippen molar-refractivity contribution in [1.29, 1.82) is 0 Å². The van der Waals surface area contributed by atoms with E-state index < -0.39 is 4.92 Å². The highest BCUT2D eigenvalue weighted by molar-refractivity contribution is 5.94. The van der Waals surface area contributed by atoms with Crippen LogP contribution in [0.3, 0.4) is 0 Å². The van der Waals surface area contributed by atoms with Crippen molar-refractivity contribution in [2.75, 3.05) is 19.6 Å². The molecule has 0 atom stereocenters. The second kappa shape index (κ2) is 6.59. The van der Waals surface area contributed by atoms with E-state index in [9.17, 15) is 14.9 Å². The number of nitro benzene ring substituents is 1. The second-order valence-electron chi connectivity index (χ2n) is 3.42. The molecule has 0 saturated carbocycles. The predicted molar refractivity (Wildman–Crippen MR) is 64.0 cm³/mol. The zero-order valence-corrected chi connectivity index (χ0v) is 9.60. The van der Waals surface area contributed by atoms with E-state index in [1.54, 1.807) is 6.07 Å². The number of benzene rings is 1. The van der Waals surface area contributed by atoms with E-state index >= 15 is 0 Å². The van der Waals surface area contributed by atoms with Crippen LogP contribution in [0.5, 0.6) is 0 Å². The van der Waals surface area contributed by atoms with Crippen LogP contribution in [-0.4, -0.2) is 30.5 Å². The number of hydrogen-bond acceptors (Lipinski definition) is 4. The van der Waals surface area contributed by atoms with Gasteiger partial charge in [-0.25, -0.2) is 0 Å². The minimum Gasteiger partial charge on any atom is -0.351 e. The zero-order valence-electron chi connectivity index (χ0n) is 9.60. The van der Waals surface area contributed by atoms with Crippen molar-refractivity contribution in [3.8, 4) is 0 Å². The second-order valence-corrected chi connectivity index (χ2v) is 3.42. The minimum atomic E-state index is -0.518. The summed E-state index contributed by atoms with van der Waals surface area (Å²) in [7, 11) is 0. The molecule has 1 amide bonds. The van der Waals surface area contributed by atoms with Crippen LogP contribution in [0.25, 0.3) is 0 Å². The van der Waals surface area contributed by atoms with Gasteiger partial charge in [0.25, 0.3) is 11.6 Å². The highest BCUT2D eigenvalue weighted by Crippen LogP contribution is 2.12. The van der Waals surface area contributed by atoms with E-state index in [0.29, 0.717) is 18.7 Å². The molecule has 0 unspecified atom stereocenters. The summed E-state index contributed by atoms with van der Waals surface area (Å²) in [5, 5.41) is 16.3. The van der Waals surface area contributed by atoms with Crippen molar-refractivity contribution in [3.05, 3.63) is 39.9 Å². The molecule has 0 saturated heterocycles. The third-order valence-corrected chi connectivity index (χ3v) is 2.16. The molecule has 6 heteroatoms. The number of nitro groups is 1. The molecule has 0 aliphatic rings. The number of carbonyl (C=O) groups excluding carboxylic acids is 1. The number of carbonyl (C=O) groups is 1. The zero-order chi connectivity index (χ0) is 12.7. The molecule has 17 heavy (non-hydrogen) atoms. The van der Waals surface area contributed by atoms with E-state index in [0.717, 1.165) is 6.54 Å². The lowest BCUT2D eigenvalue weighted by molar-refractivity contribution is -0.384. The summed E-state index contributed by atoms with van der Waals surface area (Å²) in [6.45, 7) is 3.99. The molecule has 0 fully saturated rings. The van der Waals surface area contributed by atoms with Gasteiger partial charge in [0.2, 0.25) is 0 Å². The maximum absolute atomic E-state index is 11.6.